The fraction of sp³-hybridized carbons (Fsp3) is 0.548. The first-order chi connectivity index (χ1) is 30.2. The van der Waals surface area contributed by atoms with Crippen LogP contribution in [0.15, 0.2) is 47.7 Å². The van der Waals surface area contributed by atoms with Crippen molar-refractivity contribution < 1.29 is 36.7 Å². The van der Waals surface area contributed by atoms with Gasteiger partial charge in [0.25, 0.3) is 18.3 Å². The molecule has 3 saturated heterocycles. The number of benzene rings is 1. The van der Waals surface area contributed by atoms with Gasteiger partial charge in [-0.3, -0.25) is 38.4 Å². The van der Waals surface area contributed by atoms with E-state index in [1.165, 1.54) is 30.7 Å². The van der Waals surface area contributed by atoms with Gasteiger partial charge in [0.15, 0.2) is 11.3 Å². The number of piperidine rings is 2. The van der Waals surface area contributed by atoms with Gasteiger partial charge >= 0.3 is 5.69 Å². The summed E-state index contributed by atoms with van der Waals surface area (Å²) >= 11 is 0. The number of halogens is 4. The highest BCUT2D eigenvalue weighted by molar-refractivity contribution is 6.08. The van der Waals surface area contributed by atoms with Crippen molar-refractivity contribution in [3.05, 3.63) is 64.6 Å². The first kappa shape index (κ1) is 42.5. The lowest BCUT2D eigenvalue weighted by molar-refractivity contribution is -0.135. The number of alkyl halides is 4. The van der Waals surface area contributed by atoms with Gasteiger partial charge in [0.2, 0.25) is 11.8 Å². The van der Waals surface area contributed by atoms with E-state index in [-0.39, 0.29) is 54.2 Å². The smallest absolute Gasteiger partial charge is 0.329 e. The van der Waals surface area contributed by atoms with Crippen molar-refractivity contribution in [3.8, 4) is 0 Å². The van der Waals surface area contributed by atoms with Gasteiger partial charge in [0, 0.05) is 52.0 Å². The van der Waals surface area contributed by atoms with Crippen LogP contribution in [-0.4, -0.2) is 121 Å². The lowest BCUT2D eigenvalue weighted by atomic mass is 9.85. The molecule has 2 N–H and O–H groups in total. The molecule has 0 radical (unpaired) electrons. The van der Waals surface area contributed by atoms with E-state index < -0.39 is 60.1 Å². The van der Waals surface area contributed by atoms with E-state index in [1.54, 1.807) is 54.4 Å². The summed E-state index contributed by atoms with van der Waals surface area (Å²) in [5.41, 5.74) is 0.630. The van der Waals surface area contributed by atoms with Gasteiger partial charge in [-0.1, -0.05) is 6.07 Å². The maximum absolute atomic E-state index is 16.2. The van der Waals surface area contributed by atoms with Crippen molar-refractivity contribution in [1.82, 2.24) is 43.7 Å². The molecule has 21 heteroatoms. The van der Waals surface area contributed by atoms with Crippen molar-refractivity contribution >= 4 is 51.6 Å². The number of hydrogen-bond acceptors (Lipinski definition) is 11. The second kappa shape index (κ2) is 16.7. The summed E-state index contributed by atoms with van der Waals surface area (Å²) in [6.07, 6.45) is 4.48. The molecule has 3 aliphatic heterocycles. The number of nitrogens with one attached hydrogen (secondary N) is 2. The standard InChI is InChI=1S/C42H50F4N12O5/c1-24-20-54(17-18-63-24)33-14-16-56-38(49-33)27(19-47-56)39(60)48-28-22-57(51-35(28)37(43)44)26-9-7-25(8-10-26)21-52(2)32-13-15-55(23-42(32,45)46)29-5-4-6-30-36(29)53(3)41(62)58(30)31-11-12-34(59)50-40(31)61/h4-6,14,16,19,22,24-26,31-32,37H,7-13,15,17-18,20-21,23H2,1-3H3,(H,48,60)(H,50,59,61)/t24-,25-,26-,31?,32?/m0/s1. The molecule has 3 amide bonds. The minimum absolute atomic E-state index is 0.0135. The molecule has 5 aromatic rings. The highest BCUT2D eigenvalue weighted by atomic mass is 19.3. The molecule has 1 saturated carbocycles. The largest absolute Gasteiger partial charge is 0.375 e. The molecule has 9 rings (SSSR count). The molecule has 336 valence electrons. The van der Waals surface area contributed by atoms with Crippen LogP contribution in [0.25, 0.3) is 16.7 Å². The van der Waals surface area contributed by atoms with Crippen molar-refractivity contribution in [3.63, 3.8) is 0 Å². The van der Waals surface area contributed by atoms with Crippen LogP contribution in [0.1, 0.15) is 86.4 Å². The molecule has 7 heterocycles. The predicted octanol–water partition coefficient (Wildman–Crippen LogP) is 4.55. The zero-order valence-corrected chi connectivity index (χ0v) is 35.2. The van der Waals surface area contributed by atoms with E-state index in [1.807, 2.05) is 6.92 Å². The summed E-state index contributed by atoms with van der Waals surface area (Å²) in [6.45, 7) is 3.93. The molecule has 4 aromatic heterocycles. The van der Waals surface area contributed by atoms with E-state index >= 15 is 8.78 Å². The molecule has 17 nitrogen and oxygen atoms in total. The number of ether oxygens (including phenoxy) is 1. The molecule has 0 bridgehead atoms. The number of hydrogen-bond donors (Lipinski definition) is 2. The number of para-hydroxylation sites is 1. The second-order valence-corrected chi connectivity index (χ2v) is 17.3. The van der Waals surface area contributed by atoms with Gasteiger partial charge in [0.05, 0.1) is 59.9 Å². The number of rotatable bonds is 10. The zero-order chi connectivity index (χ0) is 44.3. The van der Waals surface area contributed by atoms with E-state index in [2.05, 4.69) is 30.7 Å². The van der Waals surface area contributed by atoms with Gasteiger partial charge in [-0.05, 0) is 76.6 Å². The van der Waals surface area contributed by atoms with Crippen molar-refractivity contribution in [2.45, 2.75) is 88.4 Å². The number of nitrogens with zero attached hydrogens (tertiary/aromatic N) is 10. The fourth-order valence-electron chi connectivity index (χ4n) is 9.97. The van der Waals surface area contributed by atoms with Crippen LogP contribution in [0.3, 0.4) is 0 Å². The van der Waals surface area contributed by atoms with Crippen molar-refractivity contribution in [1.29, 1.82) is 0 Å². The summed E-state index contributed by atoms with van der Waals surface area (Å²) in [4.78, 5) is 61.5. The number of aryl methyl sites for hydroxylation is 1. The summed E-state index contributed by atoms with van der Waals surface area (Å²) in [6, 6.07) is 4.72. The molecule has 4 fully saturated rings. The Morgan fingerprint density at radius 2 is 1.86 bits per heavy atom. The Labute approximate surface area is 358 Å². The van der Waals surface area contributed by atoms with Crippen LogP contribution in [-0.2, 0) is 21.4 Å². The summed E-state index contributed by atoms with van der Waals surface area (Å²) in [5, 5.41) is 13.4. The first-order valence-electron chi connectivity index (χ1n) is 21.4. The van der Waals surface area contributed by atoms with Crippen LogP contribution in [0.4, 0.5) is 34.8 Å². The Bertz CT molecular complexity index is 2620. The number of carbonyl (C=O) groups excluding carboxylic acids is 3. The molecule has 63 heavy (non-hydrogen) atoms. The van der Waals surface area contributed by atoms with Crippen LogP contribution >= 0.6 is 0 Å². The Kier molecular flexibility index (Phi) is 11.3. The molecule has 1 aromatic carbocycles. The topological polar surface area (TPSA) is 169 Å². The summed E-state index contributed by atoms with van der Waals surface area (Å²) in [7, 11) is 3.26. The number of morpholine rings is 1. The Morgan fingerprint density at radius 3 is 2.59 bits per heavy atom. The number of fused-ring (bicyclic) bond motifs is 2. The molecule has 3 atom stereocenters. The van der Waals surface area contributed by atoms with Crippen LogP contribution < -0.4 is 26.1 Å². The third-order valence-corrected chi connectivity index (χ3v) is 13.2. The van der Waals surface area contributed by atoms with Gasteiger partial charge in [-0.2, -0.15) is 10.2 Å². The average Bonchev–Trinajstić information content (AvgIpc) is 3.95. The summed E-state index contributed by atoms with van der Waals surface area (Å²) < 4.78 is 72.3. The lowest BCUT2D eigenvalue weighted by Gasteiger charge is -2.44. The van der Waals surface area contributed by atoms with Crippen LogP contribution in [0.2, 0.25) is 0 Å². The number of aromatic nitrogens is 7. The third kappa shape index (κ3) is 8.04. The lowest BCUT2D eigenvalue weighted by Crippen LogP contribution is -2.58. The Balaban J connectivity index is 0.827. The monoisotopic (exact) mass is 878 g/mol. The van der Waals surface area contributed by atoms with E-state index in [0.29, 0.717) is 81.0 Å². The van der Waals surface area contributed by atoms with Crippen LogP contribution in [0, 0.1) is 5.92 Å². The molecular formula is C42H50F4N12O5. The normalized spacial score (nSPS) is 24.5. The maximum atomic E-state index is 16.2. The van der Waals surface area contributed by atoms with Crippen molar-refractivity contribution in [2.24, 2.45) is 13.0 Å². The number of imide groups is 1. The minimum Gasteiger partial charge on any atom is -0.375 e. The maximum Gasteiger partial charge on any atom is 0.329 e. The van der Waals surface area contributed by atoms with E-state index in [9.17, 15) is 28.0 Å². The highest BCUT2D eigenvalue weighted by Gasteiger charge is 2.47. The molecule has 2 unspecified atom stereocenters. The third-order valence-electron chi connectivity index (χ3n) is 13.2. The highest BCUT2D eigenvalue weighted by Crippen LogP contribution is 2.39. The van der Waals surface area contributed by atoms with E-state index in [4.69, 9.17) is 4.74 Å². The second-order valence-electron chi connectivity index (χ2n) is 17.3. The van der Waals surface area contributed by atoms with E-state index in [0.717, 1.165) is 0 Å². The Hall–Kier alpha value is -5.83. The average molecular weight is 879 g/mol. The van der Waals surface area contributed by atoms with Crippen molar-refractivity contribution in [2.75, 3.05) is 61.5 Å². The fourth-order valence-corrected chi connectivity index (χ4v) is 9.97. The van der Waals surface area contributed by atoms with Gasteiger partial charge in [-0.15, -0.1) is 0 Å². The van der Waals surface area contributed by atoms with Crippen LogP contribution in [0.5, 0.6) is 0 Å². The molecular weight excluding hydrogens is 829 g/mol. The van der Waals surface area contributed by atoms with Gasteiger partial charge in [0.1, 0.15) is 17.4 Å². The molecule has 1 aliphatic carbocycles. The predicted molar refractivity (Wildman–Crippen MR) is 224 cm³/mol. The van der Waals surface area contributed by atoms with Gasteiger partial charge in [-0.25, -0.2) is 31.9 Å². The summed E-state index contributed by atoms with van der Waals surface area (Å²) in [5.74, 6) is -3.99. The number of carbonyl (C=O) groups is 3. The first-order valence-corrected chi connectivity index (χ1v) is 21.4. The number of imidazole rings is 1. The molecule has 4 aliphatic rings. The quantitative estimate of drug-likeness (QED) is 0.149. The number of amides is 3. The minimum atomic E-state index is -3.11. The zero-order valence-electron chi connectivity index (χ0n) is 35.2. The van der Waals surface area contributed by atoms with Gasteiger partial charge < -0.3 is 19.9 Å². The molecule has 0 spiro atoms. The number of anilines is 3. The SMILES string of the molecule is C[C@H]1CN(c2ccn3ncc(C(=O)Nc4cn([C@H]5CC[C@H](CN(C)C6CCN(c7cccc8c7n(C)c(=O)n8C7CCC(=O)NC7=O)CC6(F)F)CC5)nc4C(F)F)c3n2)CCO1. The Morgan fingerprint density at radius 1 is 1.06 bits per heavy atom.